The number of rotatable bonds is 7. The van der Waals surface area contributed by atoms with Crippen molar-refractivity contribution in [3.8, 4) is 0 Å². The number of pyridine rings is 1. The van der Waals surface area contributed by atoms with Gasteiger partial charge in [0.1, 0.15) is 6.04 Å². The lowest BCUT2D eigenvalue weighted by atomic mass is 9.87. The molecule has 2 amide bonds. The van der Waals surface area contributed by atoms with Gasteiger partial charge in [-0.2, -0.15) is 4.31 Å². The third-order valence-electron chi connectivity index (χ3n) is 5.36. The molecule has 1 aliphatic heterocycles. The van der Waals surface area contributed by atoms with Crippen LogP contribution in [0.15, 0.2) is 52.2 Å². The second-order valence-corrected chi connectivity index (χ2v) is 11.3. The molecule has 2 atom stereocenters. The van der Waals surface area contributed by atoms with Gasteiger partial charge in [-0.15, -0.1) is 0 Å². The highest BCUT2D eigenvalue weighted by Gasteiger charge is 2.35. The number of furan rings is 1. The van der Waals surface area contributed by atoms with E-state index in [1.54, 1.807) is 18.2 Å². The predicted molar refractivity (Wildman–Crippen MR) is 123 cm³/mol. The van der Waals surface area contributed by atoms with Gasteiger partial charge in [0.15, 0.2) is 16.6 Å². The molecule has 1 aliphatic rings. The minimum absolute atomic E-state index is 0.0765. The summed E-state index contributed by atoms with van der Waals surface area (Å²) < 4.78 is 32.0. The summed E-state index contributed by atoms with van der Waals surface area (Å²) in [6.07, 6.45) is 3.73. The minimum Gasteiger partial charge on any atom is -0.459 e. The van der Waals surface area contributed by atoms with Crippen molar-refractivity contribution in [2.75, 3.05) is 13.1 Å². The lowest BCUT2D eigenvalue weighted by Crippen LogP contribution is -2.53. The van der Waals surface area contributed by atoms with Crippen LogP contribution in [0.1, 0.15) is 50.6 Å². The number of nitrogens with one attached hydrogen (secondary N) is 2. The van der Waals surface area contributed by atoms with E-state index in [0.717, 1.165) is 4.31 Å². The molecule has 2 aromatic rings. The van der Waals surface area contributed by atoms with E-state index in [1.807, 2.05) is 20.8 Å². The summed E-state index contributed by atoms with van der Waals surface area (Å²) >= 11 is 0. The highest BCUT2D eigenvalue weighted by molar-refractivity contribution is 7.89. The van der Waals surface area contributed by atoms with Crippen LogP contribution in [0.5, 0.6) is 0 Å². The molecule has 184 valence electrons. The molecule has 1 saturated heterocycles. The van der Waals surface area contributed by atoms with Crippen molar-refractivity contribution in [1.29, 1.82) is 0 Å². The Balaban J connectivity index is 1.70. The smallest absolute Gasteiger partial charge is 0.287 e. The third-order valence-corrected chi connectivity index (χ3v) is 7.12. The number of sulfonamides is 1. The number of ketones is 1. The summed E-state index contributed by atoms with van der Waals surface area (Å²) in [5.74, 6) is -1.38. The Labute approximate surface area is 199 Å². The fourth-order valence-corrected chi connectivity index (χ4v) is 5.09. The van der Waals surface area contributed by atoms with Crippen LogP contribution < -0.4 is 10.6 Å². The van der Waals surface area contributed by atoms with Crippen molar-refractivity contribution in [1.82, 2.24) is 19.9 Å². The van der Waals surface area contributed by atoms with Crippen LogP contribution in [0.3, 0.4) is 0 Å². The van der Waals surface area contributed by atoms with Gasteiger partial charge in [0.25, 0.3) is 15.9 Å². The molecule has 0 bridgehead atoms. The first-order valence-electron chi connectivity index (χ1n) is 11.1. The van der Waals surface area contributed by atoms with Gasteiger partial charge in [0.2, 0.25) is 5.91 Å². The van der Waals surface area contributed by atoms with Crippen LogP contribution in [-0.2, 0) is 19.6 Å². The zero-order valence-corrected chi connectivity index (χ0v) is 20.3. The molecule has 1 unspecified atom stereocenters. The first-order chi connectivity index (χ1) is 16.0. The fraction of sp³-hybridized carbons (Fsp3) is 0.478. The highest BCUT2D eigenvalue weighted by atomic mass is 32.2. The largest absolute Gasteiger partial charge is 0.459 e. The molecule has 0 radical (unpaired) electrons. The average Bonchev–Trinajstić information content (AvgIpc) is 3.25. The molecule has 2 aromatic heterocycles. The van der Waals surface area contributed by atoms with Crippen LogP contribution in [0.25, 0.3) is 0 Å². The van der Waals surface area contributed by atoms with Crippen molar-refractivity contribution < 1.29 is 27.2 Å². The standard InChI is InChI=1S/C23H30N4O6S/c1-23(2,3)14-17(26-22(30)19-9-7-13-33-19)21(29)25-16-8-6-12-27(15-18(16)28)34(31,32)20-10-4-5-11-24-20/h4-5,7,9-11,13,16-17H,6,8,12,14-15H2,1-3H3,(H,25,29)(H,26,30)/t16?,17-/m0/s1. The van der Waals surface area contributed by atoms with Gasteiger partial charge in [0.05, 0.1) is 18.8 Å². The zero-order chi connectivity index (χ0) is 24.9. The van der Waals surface area contributed by atoms with Gasteiger partial charge in [0, 0.05) is 12.7 Å². The summed E-state index contributed by atoms with van der Waals surface area (Å²) in [7, 11) is -3.93. The van der Waals surface area contributed by atoms with E-state index < -0.39 is 39.7 Å². The Morgan fingerprint density at radius 3 is 2.62 bits per heavy atom. The van der Waals surface area contributed by atoms with E-state index in [-0.39, 0.29) is 35.7 Å². The number of hydrogen-bond acceptors (Lipinski definition) is 7. The second-order valence-electron chi connectivity index (χ2n) is 9.44. The van der Waals surface area contributed by atoms with E-state index in [1.165, 1.54) is 24.6 Å². The topological polar surface area (TPSA) is 139 Å². The molecular formula is C23H30N4O6S. The summed E-state index contributed by atoms with van der Waals surface area (Å²) in [5, 5.41) is 5.27. The van der Waals surface area contributed by atoms with Crippen molar-refractivity contribution in [3.63, 3.8) is 0 Å². The number of hydrogen-bond donors (Lipinski definition) is 2. The van der Waals surface area contributed by atoms with Crippen LogP contribution in [0, 0.1) is 5.41 Å². The Morgan fingerprint density at radius 1 is 1.24 bits per heavy atom. The molecule has 34 heavy (non-hydrogen) atoms. The van der Waals surface area contributed by atoms with Gasteiger partial charge >= 0.3 is 0 Å². The minimum atomic E-state index is -3.93. The van der Waals surface area contributed by atoms with E-state index in [2.05, 4.69) is 15.6 Å². The molecule has 0 spiro atoms. The molecule has 0 saturated carbocycles. The highest BCUT2D eigenvalue weighted by Crippen LogP contribution is 2.22. The molecule has 0 aliphatic carbocycles. The predicted octanol–water partition coefficient (Wildman–Crippen LogP) is 1.75. The molecule has 1 fully saturated rings. The van der Waals surface area contributed by atoms with Gasteiger partial charge in [-0.1, -0.05) is 26.8 Å². The van der Waals surface area contributed by atoms with Crippen molar-refractivity contribution in [2.45, 2.75) is 57.1 Å². The summed E-state index contributed by atoms with van der Waals surface area (Å²) in [6.45, 7) is 5.57. The quantitative estimate of drug-likeness (QED) is 0.603. The molecule has 2 N–H and O–H groups in total. The third kappa shape index (κ3) is 6.51. The Morgan fingerprint density at radius 2 is 2.00 bits per heavy atom. The Bertz CT molecular complexity index is 1110. The van der Waals surface area contributed by atoms with Gasteiger partial charge in [-0.3, -0.25) is 14.4 Å². The molecule has 3 rings (SSSR count). The maximum atomic E-state index is 13.1. The monoisotopic (exact) mass is 490 g/mol. The van der Waals surface area contributed by atoms with Crippen molar-refractivity contribution in [2.24, 2.45) is 5.41 Å². The van der Waals surface area contributed by atoms with Gasteiger partial charge in [-0.25, -0.2) is 13.4 Å². The zero-order valence-electron chi connectivity index (χ0n) is 19.5. The number of Topliss-reactive ketones (excluding diaryl/α,β-unsaturated/α-hetero) is 1. The number of carbonyl (C=O) groups is 3. The molecule has 11 heteroatoms. The Hall–Kier alpha value is -3.05. The number of carbonyl (C=O) groups excluding carboxylic acids is 3. The van der Waals surface area contributed by atoms with E-state index >= 15 is 0 Å². The van der Waals surface area contributed by atoms with Crippen LogP contribution in [-0.4, -0.2) is 60.5 Å². The normalized spacial score (nSPS) is 18.7. The lowest BCUT2D eigenvalue weighted by Gasteiger charge is -2.27. The van der Waals surface area contributed by atoms with Crippen molar-refractivity contribution >= 4 is 27.6 Å². The molecular weight excluding hydrogens is 460 g/mol. The fourth-order valence-electron chi connectivity index (χ4n) is 3.72. The number of aromatic nitrogens is 1. The van der Waals surface area contributed by atoms with E-state index in [0.29, 0.717) is 12.8 Å². The van der Waals surface area contributed by atoms with Crippen molar-refractivity contribution in [3.05, 3.63) is 48.6 Å². The lowest BCUT2D eigenvalue weighted by molar-refractivity contribution is -0.129. The first kappa shape index (κ1) is 25.6. The maximum Gasteiger partial charge on any atom is 0.287 e. The molecule has 3 heterocycles. The Kier molecular flexibility index (Phi) is 7.88. The SMILES string of the molecule is CC(C)(C)C[C@H](NC(=O)c1ccco1)C(=O)NC1CCCN(S(=O)(=O)c2ccccn2)CC1=O. The second kappa shape index (κ2) is 10.5. The van der Waals surface area contributed by atoms with Gasteiger partial charge in [-0.05, 0) is 48.9 Å². The molecule has 10 nitrogen and oxygen atoms in total. The summed E-state index contributed by atoms with van der Waals surface area (Å²) in [6, 6.07) is 5.85. The average molecular weight is 491 g/mol. The van der Waals surface area contributed by atoms with Crippen LogP contribution in [0.4, 0.5) is 0 Å². The van der Waals surface area contributed by atoms with E-state index in [9.17, 15) is 22.8 Å². The molecule has 0 aromatic carbocycles. The summed E-state index contributed by atoms with van der Waals surface area (Å²) in [4.78, 5) is 42.4. The number of nitrogens with zero attached hydrogens (tertiary/aromatic N) is 2. The first-order valence-corrected chi connectivity index (χ1v) is 12.5. The van der Waals surface area contributed by atoms with Crippen LogP contribution >= 0.6 is 0 Å². The maximum absolute atomic E-state index is 13.1. The summed E-state index contributed by atoms with van der Waals surface area (Å²) in [5.41, 5.74) is -0.292. The van der Waals surface area contributed by atoms with Crippen LogP contribution in [0.2, 0.25) is 0 Å². The van der Waals surface area contributed by atoms with Gasteiger partial charge < -0.3 is 15.1 Å². The van der Waals surface area contributed by atoms with E-state index in [4.69, 9.17) is 4.42 Å². The number of amides is 2.